The van der Waals surface area contributed by atoms with E-state index >= 15 is 0 Å². The molecule has 1 saturated carbocycles. The third kappa shape index (κ3) is 1.17. The van der Waals surface area contributed by atoms with Gasteiger partial charge >= 0.3 is 6.03 Å². The van der Waals surface area contributed by atoms with Crippen LogP contribution in [-0.4, -0.2) is 29.4 Å². The monoisotopic (exact) mass is 168 g/mol. The minimum atomic E-state index is -0.208. The molecular formula is C8H12N2O2. The molecule has 1 unspecified atom stereocenters. The van der Waals surface area contributed by atoms with E-state index in [0.29, 0.717) is 12.6 Å². The number of imide groups is 1. The molecule has 0 aromatic carbocycles. The third-order valence-electron chi connectivity index (χ3n) is 2.40. The number of nitrogens with zero attached hydrogens (tertiary/aromatic N) is 1. The lowest BCUT2D eigenvalue weighted by atomic mass is 10.1. The van der Waals surface area contributed by atoms with Gasteiger partial charge < -0.3 is 4.90 Å². The highest BCUT2D eigenvalue weighted by Crippen LogP contribution is 2.28. The highest BCUT2D eigenvalue weighted by atomic mass is 16.2. The zero-order valence-electron chi connectivity index (χ0n) is 7.04. The van der Waals surface area contributed by atoms with Crippen molar-refractivity contribution in [2.45, 2.75) is 25.8 Å². The number of urea groups is 1. The van der Waals surface area contributed by atoms with E-state index in [1.165, 1.54) is 0 Å². The van der Waals surface area contributed by atoms with Crippen molar-refractivity contribution in [1.82, 2.24) is 10.2 Å². The molecule has 1 aliphatic heterocycles. The molecule has 0 aromatic rings. The molecule has 2 rings (SSSR count). The van der Waals surface area contributed by atoms with Crippen LogP contribution in [0.15, 0.2) is 0 Å². The molecule has 0 spiro atoms. The Hall–Kier alpha value is -1.06. The van der Waals surface area contributed by atoms with Gasteiger partial charge in [0.05, 0.1) is 5.92 Å². The quantitative estimate of drug-likeness (QED) is 0.613. The number of hydrogen-bond donors (Lipinski definition) is 1. The SMILES string of the molecule is CC1CN(C2CC2)C(=O)NC1=O. The summed E-state index contributed by atoms with van der Waals surface area (Å²) in [6, 6.07) is 0.196. The first kappa shape index (κ1) is 7.58. The van der Waals surface area contributed by atoms with Crippen LogP contribution in [0, 0.1) is 5.92 Å². The van der Waals surface area contributed by atoms with Gasteiger partial charge in [-0.2, -0.15) is 0 Å². The zero-order chi connectivity index (χ0) is 8.72. The van der Waals surface area contributed by atoms with Crippen molar-refractivity contribution in [2.75, 3.05) is 6.54 Å². The summed E-state index contributed by atoms with van der Waals surface area (Å²) in [6.07, 6.45) is 2.18. The van der Waals surface area contributed by atoms with Gasteiger partial charge in [-0.15, -0.1) is 0 Å². The molecule has 1 atom stereocenters. The number of carbonyl (C=O) groups excluding carboxylic acids is 2. The van der Waals surface area contributed by atoms with Crippen molar-refractivity contribution in [2.24, 2.45) is 5.92 Å². The second-order valence-electron chi connectivity index (χ2n) is 3.58. The van der Waals surface area contributed by atoms with E-state index in [9.17, 15) is 9.59 Å². The molecule has 4 nitrogen and oxygen atoms in total. The van der Waals surface area contributed by atoms with Gasteiger partial charge in [0.2, 0.25) is 5.91 Å². The summed E-state index contributed by atoms with van der Waals surface area (Å²) in [4.78, 5) is 24.0. The number of carbonyl (C=O) groups is 2. The lowest BCUT2D eigenvalue weighted by molar-refractivity contribution is -0.125. The third-order valence-corrected chi connectivity index (χ3v) is 2.40. The molecule has 0 aromatic heterocycles. The predicted molar refractivity (Wildman–Crippen MR) is 42.4 cm³/mol. The molecule has 4 heteroatoms. The van der Waals surface area contributed by atoms with Crippen LogP contribution < -0.4 is 5.32 Å². The second-order valence-corrected chi connectivity index (χ2v) is 3.58. The van der Waals surface area contributed by atoms with Gasteiger partial charge in [0.15, 0.2) is 0 Å². The van der Waals surface area contributed by atoms with Crippen molar-refractivity contribution in [1.29, 1.82) is 0 Å². The minimum Gasteiger partial charge on any atom is -0.321 e. The van der Waals surface area contributed by atoms with Crippen LogP contribution in [0.3, 0.4) is 0 Å². The fraction of sp³-hybridized carbons (Fsp3) is 0.750. The Morgan fingerprint density at radius 3 is 2.67 bits per heavy atom. The van der Waals surface area contributed by atoms with E-state index in [2.05, 4.69) is 5.32 Å². The van der Waals surface area contributed by atoms with Crippen molar-refractivity contribution in [3.63, 3.8) is 0 Å². The van der Waals surface area contributed by atoms with Gasteiger partial charge in [0.1, 0.15) is 0 Å². The Balaban J connectivity index is 2.05. The average molecular weight is 168 g/mol. The summed E-state index contributed by atoms with van der Waals surface area (Å²) in [5.74, 6) is -0.194. The van der Waals surface area contributed by atoms with Crippen molar-refractivity contribution in [3.05, 3.63) is 0 Å². The smallest absolute Gasteiger partial charge is 0.321 e. The molecule has 1 heterocycles. The van der Waals surface area contributed by atoms with E-state index in [-0.39, 0.29) is 17.9 Å². The lowest BCUT2D eigenvalue weighted by Gasteiger charge is -2.30. The van der Waals surface area contributed by atoms with Gasteiger partial charge in [0.25, 0.3) is 0 Å². The van der Waals surface area contributed by atoms with Crippen molar-refractivity contribution < 1.29 is 9.59 Å². The molecule has 2 fully saturated rings. The Labute approximate surface area is 70.9 Å². The molecule has 1 aliphatic carbocycles. The number of hydrogen-bond acceptors (Lipinski definition) is 2. The first-order valence-electron chi connectivity index (χ1n) is 4.30. The van der Waals surface area contributed by atoms with Crippen LogP contribution in [0.2, 0.25) is 0 Å². The summed E-state index contributed by atoms with van der Waals surface area (Å²) in [6.45, 7) is 2.44. The van der Waals surface area contributed by atoms with E-state index in [1.54, 1.807) is 4.90 Å². The molecule has 0 bridgehead atoms. The number of rotatable bonds is 1. The summed E-state index contributed by atoms with van der Waals surface area (Å²) in [5, 5.41) is 2.35. The summed E-state index contributed by atoms with van der Waals surface area (Å²) in [7, 11) is 0. The largest absolute Gasteiger partial charge is 0.324 e. The maximum atomic E-state index is 11.2. The second kappa shape index (κ2) is 2.47. The highest BCUT2D eigenvalue weighted by molar-refractivity contribution is 5.98. The summed E-state index contributed by atoms with van der Waals surface area (Å²) < 4.78 is 0. The maximum Gasteiger partial charge on any atom is 0.324 e. The van der Waals surface area contributed by atoms with Gasteiger partial charge in [0, 0.05) is 12.6 Å². The molecule has 12 heavy (non-hydrogen) atoms. The van der Waals surface area contributed by atoms with Gasteiger partial charge in [-0.3, -0.25) is 10.1 Å². The zero-order valence-corrected chi connectivity index (χ0v) is 7.04. The van der Waals surface area contributed by atoms with E-state index in [4.69, 9.17) is 0 Å². The fourth-order valence-corrected chi connectivity index (χ4v) is 1.46. The van der Waals surface area contributed by atoms with Crippen LogP contribution >= 0.6 is 0 Å². The minimum absolute atomic E-state index is 0.0525. The molecule has 66 valence electrons. The van der Waals surface area contributed by atoms with Crippen LogP contribution in [0.1, 0.15) is 19.8 Å². The molecule has 1 saturated heterocycles. The number of nitrogens with one attached hydrogen (secondary N) is 1. The van der Waals surface area contributed by atoms with Gasteiger partial charge in [-0.1, -0.05) is 6.92 Å². The molecule has 2 aliphatic rings. The summed E-state index contributed by atoms with van der Waals surface area (Å²) in [5.41, 5.74) is 0. The Morgan fingerprint density at radius 1 is 1.42 bits per heavy atom. The Bertz CT molecular complexity index is 235. The standard InChI is InChI=1S/C8H12N2O2/c1-5-4-10(6-2-3-6)8(12)9-7(5)11/h5-6H,2-4H2,1H3,(H,9,11,12). The first-order valence-corrected chi connectivity index (χ1v) is 4.30. The van der Waals surface area contributed by atoms with Crippen LogP contribution in [-0.2, 0) is 4.79 Å². The fourth-order valence-electron chi connectivity index (χ4n) is 1.46. The summed E-state index contributed by atoms with van der Waals surface area (Å²) >= 11 is 0. The first-order chi connectivity index (χ1) is 5.68. The molecule has 3 amide bonds. The number of amides is 3. The Kier molecular flexibility index (Phi) is 1.56. The predicted octanol–water partition coefficient (Wildman–Crippen LogP) is 0.337. The van der Waals surface area contributed by atoms with Crippen LogP contribution in [0.25, 0.3) is 0 Å². The van der Waals surface area contributed by atoms with E-state index in [0.717, 1.165) is 12.8 Å². The maximum absolute atomic E-state index is 11.2. The molecule has 1 N–H and O–H groups in total. The molecule has 0 radical (unpaired) electrons. The highest BCUT2D eigenvalue weighted by Gasteiger charge is 2.38. The van der Waals surface area contributed by atoms with Crippen molar-refractivity contribution in [3.8, 4) is 0 Å². The Morgan fingerprint density at radius 2 is 2.08 bits per heavy atom. The normalized spacial score (nSPS) is 30.4. The topological polar surface area (TPSA) is 49.4 Å². The van der Waals surface area contributed by atoms with E-state index in [1.807, 2.05) is 6.92 Å². The van der Waals surface area contributed by atoms with Gasteiger partial charge in [-0.25, -0.2) is 4.79 Å². The van der Waals surface area contributed by atoms with Crippen LogP contribution in [0.4, 0.5) is 4.79 Å². The molecular weight excluding hydrogens is 156 g/mol. The van der Waals surface area contributed by atoms with Crippen LogP contribution in [0.5, 0.6) is 0 Å². The van der Waals surface area contributed by atoms with Gasteiger partial charge in [-0.05, 0) is 12.8 Å². The lowest BCUT2D eigenvalue weighted by Crippen LogP contribution is -2.54. The van der Waals surface area contributed by atoms with E-state index < -0.39 is 0 Å². The van der Waals surface area contributed by atoms with Crippen molar-refractivity contribution >= 4 is 11.9 Å². The average Bonchev–Trinajstić information content (AvgIpc) is 2.79.